The third-order valence-corrected chi connectivity index (χ3v) is 6.34. The van der Waals surface area contributed by atoms with Crippen LogP contribution in [0.3, 0.4) is 0 Å². The first-order valence-corrected chi connectivity index (χ1v) is 13.3. The van der Waals surface area contributed by atoms with E-state index in [1.807, 2.05) is 6.26 Å². The highest BCUT2D eigenvalue weighted by atomic mass is 32.2. The Morgan fingerprint density at radius 1 is 0.816 bits per heavy atom. The van der Waals surface area contributed by atoms with Crippen molar-refractivity contribution in [3.05, 3.63) is 65.7 Å². The summed E-state index contributed by atoms with van der Waals surface area (Å²) in [6.07, 6.45) is 2.22. The summed E-state index contributed by atoms with van der Waals surface area (Å²) in [7, 11) is 0. The molecule has 4 unspecified atom stereocenters. The zero-order valence-corrected chi connectivity index (χ0v) is 21.8. The maximum Gasteiger partial charge on any atom is 0.326 e. The van der Waals surface area contributed by atoms with Crippen molar-refractivity contribution >= 4 is 35.5 Å². The number of thioether (sulfide) groups is 1. The lowest BCUT2D eigenvalue weighted by Gasteiger charge is -2.24. The van der Waals surface area contributed by atoms with Crippen molar-refractivity contribution in [2.75, 3.05) is 18.6 Å². The van der Waals surface area contributed by atoms with E-state index in [0.717, 1.165) is 0 Å². The van der Waals surface area contributed by atoms with Gasteiger partial charge in [-0.1, -0.05) is 42.5 Å². The van der Waals surface area contributed by atoms with Crippen LogP contribution in [0, 0.1) is 0 Å². The molecule has 0 aliphatic carbocycles. The van der Waals surface area contributed by atoms with Crippen LogP contribution in [0.5, 0.6) is 5.75 Å². The van der Waals surface area contributed by atoms with Gasteiger partial charge in [-0.15, -0.1) is 0 Å². The monoisotopic (exact) mass is 546 g/mol. The number of benzene rings is 2. The lowest BCUT2D eigenvalue weighted by molar-refractivity contribution is -0.142. The minimum atomic E-state index is -1.36. The molecule has 2 aromatic carbocycles. The van der Waals surface area contributed by atoms with E-state index < -0.39 is 54.5 Å². The number of hydrogen-bond acceptors (Lipinski definition) is 8. The molecule has 0 heterocycles. The van der Waals surface area contributed by atoms with Crippen LogP contribution in [-0.2, 0) is 32.0 Å². The molecule has 0 radical (unpaired) electrons. The predicted octanol–water partition coefficient (Wildman–Crippen LogP) is -0.211. The van der Waals surface area contributed by atoms with Gasteiger partial charge in [-0.25, -0.2) is 4.79 Å². The van der Waals surface area contributed by atoms with Gasteiger partial charge in [0.25, 0.3) is 0 Å². The van der Waals surface area contributed by atoms with Crippen LogP contribution in [-0.4, -0.2) is 81.8 Å². The fourth-order valence-corrected chi connectivity index (χ4v) is 4.01. The van der Waals surface area contributed by atoms with Gasteiger partial charge in [-0.2, -0.15) is 11.8 Å². The van der Waals surface area contributed by atoms with Crippen molar-refractivity contribution in [3.63, 3.8) is 0 Å². The zero-order chi connectivity index (χ0) is 28.1. The maximum atomic E-state index is 13.2. The molecule has 3 amide bonds. The summed E-state index contributed by atoms with van der Waals surface area (Å²) < 4.78 is 0. The Labute approximate surface area is 225 Å². The smallest absolute Gasteiger partial charge is 0.326 e. The lowest BCUT2D eigenvalue weighted by atomic mass is 10.0. The Hall–Kier alpha value is -3.61. The van der Waals surface area contributed by atoms with Crippen LogP contribution in [0.25, 0.3) is 0 Å². The number of carboxylic acids is 1. The van der Waals surface area contributed by atoms with Gasteiger partial charge in [-0.05, 0) is 41.7 Å². The number of aliphatic hydroxyl groups excluding tert-OH is 1. The Morgan fingerprint density at radius 3 is 1.92 bits per heavy atom. The highest BCUT2D eigenvalue weighted by molar-refractivity contribution is 7.98. The molecule has 0 aromatic heterocycles. The highest BCUT2D eigenvalue weighted by Crippen LogP contribution is 2.12. The molecule has 2 rings (SSSR count). The van der Waals surface area contributed by atoms with Gasteiger partial charge in [0.05, 0.1) is 12.6 Å². The zero-order valence-electron chi connectivity index (χ0n) is 21.0. The maximum absolute atomic E-state index is 13.2. The van der Waals surface area contributed by atoms with Gasteiger partial charge in [0.2, 0.25) is 17.7 Å². The second-order valence-electron chi connectivity index (χ2n) is 8.65. The fourth-order valence-electron chi connectivity index (χ4n) is 3.52. The van der Waals surface area contributed by atoms with Gasteiger partial charge < -0.3 is 37.0 Å². The van der Waals surface area contributed by atoms with Crippen molar-refractivity contribution in [1.29, 1.82) is 0 Å². The second kappa shape index (κ2) is 15.6. The number of aromatic hydroxyl groups is 1. The summed E-state index contributed by atoms with van der Waals surface area (Å²) in [6, 6.07) is 9.92. The van der Waals surface area contributed by atoms with Crippen LogP contribution >= 0.6 is 11.8 Å². The molecule has 0 saturated carbocycles. The molecule has 38 heavy (non-hydrogen) atoms. The summed E-state index contributed by atoms with van der Waals surface area (Å²) in [5.74, 6) is -2.81. The number of amides is 3. The van der Waals surface area contributed by atoms with E-state index in [2.05, 4.69) is 16.0 Å². The van der Waals surface area contributed by atoms with Crippen molar-refractivity contribution in [1.82, 2.24) is 16.0 Å². The number of carbonyl (C=O) groups is 4. The Morgan fingerprint density at radius 2 is 1.34 bits per heavy atom. The number of phenols is 1. The Kier molecular flexibility index (Phi) is 12.6. The third-order valence-electron chi connectivity index (χ3n) is 5.69. The van der Waals surface area contributed by atoms with Gasteiger partial charge >= 0.3 is 5.97 Å². The first kappa shape index (κ1) is 30.6. The minimum Gasteiger partial charge on any atom is -0.508 e. The van der Waals surface area contributed by atoms with Crippen LogP contribution in [0.4, 0.5) is 0 Å². The summed E-state index contributed by atoms with van der Waals surface area (Å²) in [4.78, 5) is 50.4. The van der Waals surface area contributed by atoms with E-state index in [1.54, 1.807) is 42.5 Å². The first-order valence-electron chi connectivity index (χ1n) is 12.0. The number of carboxylic acid groups (broad SMARTS) is 1. The first-order chi connectivity index (χ1) is 18.1. The number of aliphatic carboxylic acids is 1. The molecule has 4 atom stereocenters. The summed E-state index contributed by atoms with van der Waals surface area (Å²) in [5.41, 5.74) is 7.11. The number of nitrogens with one attached hydrogen (secondary N) is 3. The Bertz CT molecular complexity index is 1070. The average Bonchev–Trinajstić information content (AvgIpc) is 2.90. The molecular weight excluding hydrogens is 512 g/mol. The number of carbonyl (C=O) groups excluding carboxylic acids is 3. The predicted molar refractivity (Wildman–Crippen MR) is 143 cm³/mol. The van der Waals surface area contributed by atoms with E-state index in [9.17, 15) is 34.5 Å². The Balaban J connectivity index is 2.17. The molecule has 12 heteroatoms. The van der Waals surface area contributed by atoms with Gasteiger partial charge in [0.1, 0.15) is 23.9 Å². The molecule has 0 aliphatic rings. The largest absolute Gasteiger partial charge is 0.508 e. The van der Waals surface area contributed by atoms with E-state index in [1.165, 1.54) is 23.9 Å². The van der Waals surface area contributed by atoms with Crippen LogP contribution in [0.1, 0.15) is 17.5 Å². The van der Waals surface area contributed by atoms with Crippen LogP contribution < -0.4 is 21.7 Å². The fraction of sp³-hybridized carbons (Fsp3) is 0.385. The molecule has 0 fully saturated rings. The van der Waals surface area contributed by atoms with Crippen molar-refractivity contribution in [2.24, 2.45) is 5.73 Å². The summed E-state index contributed by atoms with van der Waals surface area (Å²) in [5, 5.41) is 36.2. The number of rotatable bonds is 15. The number of phenolic OH excluding ortho intramolecular Hbond substituents is 1. The molecule has 0 spiro atoms. The topological polar surface area (TPSA) is 191 Å². The minimum absolute atomic E-state index is 0.0195. The standard InChI is InChI=1S/C26H34N4O7S/c1-38-12-11-19(27)23(33)30-22(15-31)25(35)28-20(13-16-5-3-2-4-6-16)24(34)29-21(26(36)37)14-17-7-9-18(32)10-8-17/h2-10,19-22,31-32H,11-15,27H2,1H3,(H,28,35)(H,29,34)(H,30,33)(H,36,37). The normalized spacial score (nSPS) is 14.0. The van der Waals surface area contributed by atoms with Crippen molar-refractivity contribution in [2.45, 2.75) is 43.4 Å². The van der Waals surface area contributed by atoms with Crippen molar-refractivity contribution in [3.8, 4) is 5.75 Å². The second-order valence-corrected chi connectivity index (χ2v) is 9.64. The molecular formula is C26H34N4O7S. The number of aliphatic hydroxyl groups is 1. The van der Waals surface area contributed by atoms with Gasteiger partial charge in [0, 0.05) is 12.8 Å². The average molecular weight is 547 g/mol. The van der Waals surface area contributed by atoms with E-state index >= 15 is 0 Å². The number of nitrogens with two attached hydrogens (primary N) is 1. The summed E-state index contributed by atoms with van der Waals surface area (Å²) in [6.45, 7) is -0.731. The lowest BCUT2D eigenvalue weighted by Crippen LogP contribution is -2.58. The van der Waals surface area contributed by atoms with Crippen molar-refractivity contribution < 1.29 is 34.5 Å². The quantitative estimate of drug-likeness (QED) is 0.158. The number of hydrogen-bond donors (Lipinski definition) is 7. The molecule has 11 nitrogen and oxygen atoms in total. The molecule has 2 aromatic rings. The van der Waals surface area contributed by atoms with Gasteiger partial charge in [-0.3, -0.25) is 14.4 Å². The van der Waals surface area contributed by atoms with Gasteiger partial charge in [0.15, 0.2) is 0 Å². The SMILES string of the molecule is CSCCC(N)C(=O)NC(CO)C(=O)NC(Cc1ccccc1)C(=O)NC(Cc1ccc(O)cc1)C(=O)O. The van der Waals surface area contributed by atoms with E-state index in [-0.39, 0.29) is 18.6 Å². The molecule has 0 bridgehead atoms. The summed E-state index contributed by atoms with van der Waals surface area (Å²) >= 11 is 1.51. The molecule has 8 N–H and O–H groups in total. The highest BCUT2D eigenvalue weighted by Gasteiger charge is 2.30. The molecule has 0 aliphatic heterocycles. The molecule has 206 valence electrons. The van der Waals surface area contributed by atoms with Crippen LogP contribution in [0.15, 0.2) is 54.6 Å². The molecule has 0 saturated heterocycles. The van der Waals surface area contributed by atoms with E-state index in [0.29, 0.717) is 23.3 Å². The van der Waals surface area contributed by atoms with E-state index in [4.69, 9.17) is 5.73 Å². The third kappa shape index (κ3) is 10.0. The van der Waals surface area contributed by atoms with Crippen LogP contribution in [0.2, 0.25) is 0 Å².